The molecule has 2 aliphatic carbocycles. The van der Waals surface area contributed by atoms with Gasteiger partial charge in [-0.2, -0.15) is 0 Å². The Labute approximate surface area is 212 Å². The van der Waals surface area contributed by atoms with E-state index in [0.29, 0.717) is 18.1 Å². The SMILES string of the molecule is C=CC[C@@H]1[C@H](C=CCC2CCC=C(O[Si](C)(C)C(C)(C)C)C2)C(=O)C[C@H]1O[Si](C)(C)C(C)(C)C. The quantitative estimate of drug-likeness (QED) is 0.232. The van der Waals surface area contributed by atoms with Crippen LogP contribution in [0.25, 0.3) is 0 Å². The molecule has 1 unspecified atom stereocenters. The van der Waals surface area contributed by atoms with Gasteiger partial charge < -0.3 is 8.85 Å². The van der Waals surface area contributed by atoms with E-state index >= 15 is 0 Å². The van der Waals surface area contributed by atoms with Gasteiger partial charge >= 0.3 is 0 Å². The molecule has 2 rings (SSSR count). The van der Waals surface area contributed by atoms with Gasteiger partial charge in [-0.15, -0.1) is 6.58 Å². The molecule has 0 saturated heterocycles. The normalized spacial score (nSPS) is 27.2. The predicted octanol–water partition coefficient (Wildman–Crippen LogP) is 8.81. The number of ketones is 1. The van der Waals surface area contributed by atoms with Crippen molar-refractivity contribution in [2.24, 2.45) is 17.8 Å². The summed E-state index contributed by atoms with van der Waals surface area (Å²) in [6, 6.07) is 0. The molecule has 2 aliphatic rings. The summed E-state index contributed by atoms with van der Waals surface area (Å²) in [5.74, 6) is 2.28. The third kappa shape index (κ3) is 7.30. The highest BCUT2D eigenvalue weighted by atomic mass is 28.4. The molecule has 0 aromatic heterocycles. The Morgan fingerprint density at radius 2 is 1.62 bits per heavy atom. The van der Waals surface area contributed by atoms with Crippen LogP contribution in [0.2, 0.25) is 36.3 Å². The topological polar surface area (TPSA) is 35.5 Å². The van der Waals surface area contributed by atoms with Gasteiger partial charge in [0.25, 0.3) is 0 Å². The molecule has 194 valence electrons. The van der Waals surface area contributed by atoms with E-state index in [2.05, 4.69) is 92.5 Å². The van der Waals surface area contributed by atoms with Gasteiger partial charge in [-0.1, -0.05) is 59.8 Å². The third-order valence-electron chi connectivity index (χ3n) is 8.85. The first kappa shape index (κ1) is 29.3. The molecule has 0 aromatic carbocycles. The molecule has 0 aliphatic heterocycles. The maximum absolute atomic E-state index is 13.0. The van der Waals surface area contributed by atoms with Crippen molar-refractivity contribution in [3.05, 3.63) is 36.6 Å². The van der Waals surface area contributed by atoms with E-state index in [1.165, 1.54) is 12.2 Å². The number of rotatable bonds is 9. The van der Waals surface area contributed by atoms with Crippen molar-refractivity contribution in [3.63, 3.8) is 0 Å². The van der Waals surface area contributed by atoms with Crippen molar-refractivity contribution in [2.45, 2.75) is 122 Å². The summed E-state index contributed by atoms with van der Waals surface area (Å²) in [5.41, 5.74) is 0. The predicted molar refractivity (Wildman–Crippen MR) is 151 cm³/mol. The number of allylic oxidation sites excluding steroid dienone is 5. The minimum Gasteiger partial charge on any atom is -0.547 e. The van der Waals surface area contributed by atoms with Gasteiger partial charge in [-0.05, 0) is 73.9 Å². The molecule has 4 atom stereocenters. The second-order valence-corrected chi connectivity index (χ2v) is 23.1. The number of carbonyl (C=O) groups is 1. The summed E-state index contributed by atoms with van der Waals surface area (Å²) < 4.78 is 13.3. The summed E-state index contributed by atoms with van der Waals surface area (Å²) in [6.07, 6.45) is 14.4. The van der Waals surface area contributed by atoms with Crippen LogP contribution >= 0.6 is 0 Å². The highest BCUT2D eigenvalue weighted by molar-refractivity contribution is 6.74. The number of Topliss-reactive ketones (excluding diaryl/α,β-unsaturated/α-hetero) is 1. The molecule has 1 fully saturated rings. The lowest BCUT2D eigenvalue weighted by molar-refractivity contribution is -0.120. The molecule has 3 nitrogen and oxygen atoms in total. The molecule has 0 amide bonds. The first-order chi connectivity index (χ1) is 15.5. The van der Waals surface area contributed by atoms with E-state index < -0.39 is 16.6 Å². The molecule has 5 heteroatoms. The molecule has 0 aromatic rings. The van der Waals surface area contributed by atoms with E-state index in [1.807, 2.05) is 6.08 Å². The van der Waals surface area contributed by atoms with Gasteiger partial charge in [0.2, 0.25) is 8.32 Å². The van der Waals surface area contributed by atoms with Gasteiger partial charge in [0.1, 0.15) is 5.78 Å². The Bertz CT molecular complexity index is 780. The Hall–Kier alpha value is -0.916. The number of hydrogen-bond donors (Lipinski definition) is 0. The van der Waals surface area contributed by atoms with Crippen LogP contribution < -0.4 is 0 Å². The average Bonchev–Trinajstić information content (AvgIpc) is 2.94. The lowest BCUT2D eigenvalue weighted by atomic mass is 9.87. The van der Waals surface area contributed by atoms with Crippen LogP contribution in [-0.4, -0.2) is 28.5 Å². The maximum Gasteiger partial charge on any atom is 0.250 e. The zero-order valence-corrected chi connectivity index (χ0v) is 25.8. The third-order valence-corrected chi connectivity index (χ3v) is 17.7. The zero-order chi connectivity index (χ0) is 25.9. The summed E-state index contributed by atoms with van der Waals surface area (Å²) in [7, 11) is -3.72. The first-order valence-electron chi connectivity index (χ1n) is 13.3. The van der Waals surface area contributed by atoms with Crippen LogP contribution in [-0.2, 0) is 13.6 Å². The maximum atomic E-state index is 13.0. The Balaban J connectivity index is 2.02. The van der Waals surface area contributed by atoms with Gasteiger partial charge in [-0.25, -0.2) is 0 Å². The van der Waals surface area contributed by atoms with Crippen molar-refractivity contribution in [3.8, 4) is 0 Å². The standard InChI is InChI=1S/C29H52O3Si2/c1-12-15-25-24(26(30)21-27(25)32-34(10,11)29(5,6)7)19-14-17-22-16-13-18-23(20-22)31-33(8,9)28(2,3)4/h12,14,18-19,22,24-25,27H,1,13,15-17,20-21H2,2-11H3/t22?,24-,25+,27+/m0/s1. The smallest absolute Gasteiger partial charge is 0.250 e. The largest absolute Gasteiger partial charge is 0.547 e. The molecule has 0 bridgehead atoms. The van der Waals surface area contributed by atoms with Crippen molar-refractivity contribution in [1.82, 2.24) is 0 Å². The minimum absolute atomic E-state index is 0.0169. The highest BCUT2D eigenvalue weighted by Gasteiger charge is 2.46. The summed E-state index contributed by atoms with van der Waals surface area (Å²) >= 11 is 0. The fraction of sp³-hybridized carbons (Fsp3) is 0.759. The Morgan fingerprint density at radius 1 is 1.00 bits per heavy atom. The molecular formula is C29H52O3Si2. The molecular weight excluding hydrogens is 452 g/mol. The average molecular weight is 505 g/mol. The van der Waals surface area contributed by atoms with Crippen LogP contribution in [0.3, 0.4) is 0 Å². The van der Waals surface area contributed by atoms with E-state index in [-0.39, 0.29) is 28.0 Å². The fourth-order valence-electron chi connectivity index (χ4n) is 4.51. The highest BCUT2D eigenvalue weighted by Crippen LogP contribution is 2.43. The number of hydrogen-bond acceptors (Lipinski definition) is 3. The second kappa shape index (κ2) is 11.0. The van der Waals surface area contributed by atoms with E-state index in [9.17, 15) is 4.79 Å². The van der Waals surface area contributed by atoms with Crippen LogP contribution in [0.1, 0.15) is 80.1 Å². The van der Waals surface area contributed by atoms with Crippen LogP contribution in [0.5, 0.6) is 0 Å². The summed E-state index contributed by atoms with van der Waals surface area (Å²) in [4.78, 5) is 13.0. The van der Waals surface area contributed by atoms with E-state index in [1.54, 1.807) is 0 Å². The molecule has 0 N–H and O–H groups in total. The Kier molecular flexibility index (Phi) is 9.49. The lowest BCUT2D eigenvalue weighted by Gasteiger charge is -2.40. The zero-order valence-electron chi connectivity index (χ0n) is 23.8. The van der Waals surface area contributed by atoms with Crippen molar-refractivity contribution in [1.29, 1.82) is 0 Å². The van der Waals surface area contributed by atoms with Crippen molar-refractivity contribution >= 4 is 22.4 Å². The lowest BCUT2D eigenvalue weighted by Crippen LogP contribution is -2.45. The summed E-state index contributed by atoms with van der Waals surface area (Å²) in [5, 5.41) is 0.355. The molecule has 34 heavy (non-hydrogen) atoms. The van der Waals surface area contributed by atoms with Gasteiger partial charge in [0, 0.05) is 24.7 Å². The number of carbonyl (C=O) groups excluding carboxylic acids is 1. The van der Waals surface area contributed by atoms with Crippen LogP contribution in [0, 0.1) is 17.8 Å². The Morgan fingerprint density at radius 3 is 2.18 bits per heavy atom. The monoisotopic (exact) mass is 504 g/mol. The van der Waals surface area contributed by atoms with E-state index in [4.69, 9.17) is 8.85 Å². The van der Waals surface area contributed by atoms with Gasteiger partial charge in [0.05, 0.1) is 11.9 Å². The minimum atomic E-state index is -1.93. The van der Waals surface area contributed by atoms with Gasteiger partial charge in [-0.3, -0.25) is 4.79 Å². The van der Waals surface area contributed by atoms with Crippen LogP contribution in [0.15, 0.2) is 36.6 Å². The van der Waals surface area contributed by atoms with Gasteiger partial charge in [0.15, 0.2) is 8.32 Å². The molecule has 0 spiro atoms. The molecule has 0 radical (unpaired) electrons. The molecule has 1 saturated carbocycles. The van der Waals surface area contributed by atoms with Crippen molar-refractivity contribution in [2.75, 3.05) is 0 Å². The fourth-order valence-corrected chi connectivity index (χ4v) is 7.01. The van der Waals surface area contributed by atoms with Crippen LogP contribution in [0.4, 0.5) is 0 Å². The van der Waals surface area contributed by atoms with E-state index in [0.717, 1.165) is 25.7 Å². The summed E-state index contributed by atoms with van der Waals surface area (Å²) in [6.45, 7) is 26.9. The molecule has 0 heterocycles. The van der Waals surface area contributed by atoms with Crippen molar-refractivity contribution < 1.29 is 13.6 Å². The second-order valence-electron chi connectivity index (χ2n) is 13.6. The first-order valence-corrected chi connectivity index (χ1v) is 19.2.